The van der Waals surface area contributed by atoms with Gasteiger partial charge in [-0.15, -0.1) is 0 Å². The van der Waals surface area contributed by atoms with Gasteiger partial charge < -0.3 is 0 Å². The fourth-order valence-corrected chi connectivity index (χ4v) is 3.13. The molecule has 2 aromatic rings. The van der Waals surface area contributed by atoms with E-state index in [1.807, 2.05) is 0 Å². The molecule has 0 N–H and O–H groups in total. The van der Waals surface area contributed by atoms with E-state index in [-0.39, 0.29) is 5.78 Å². The number of nitrogens with zero attached hydrogens (tertiary/aromatic N) is 1. The predicted octanol–water partition coefficient (Wildman–Crippen LogP) is 3.93. The van der Waals surface area contributed by atoms with Crippen molar-refractivity contribution in [3.05, 3.63) is 40.1 Å². The first kappa shape index (κ1) is 12.3. The van der Waals surface area contributed by atoms with Crippen LogP contribution in [0.25, 0.3) is 10.9 Å². The molecule has 1 heterocycles. The molecule has 2 nitrogen and oxygen atoms in total. The van der Waals surface area contributed by atoms with Crippen LogP contribution in [0.15, 0.2) is 12.1 Å². The van der Waals surface area contributed by atoms with Gasteiger partial charge in [0.15, 0.2) is 5.78 Å². The summed E-state index contributed by atoms with van der Waals surface area (Å²) in [5.74, 6) is 0.175. The number of carbonyl (C=O) groups is 1. The topological polar surface area (TPSA) is 30.0 Å². The van der Waals surface area contributed by atoms with E-state index in [0.717, 1.165) is 35.0 Å². The van der Waals surface area contributed by atoms with Crippen molar-refractivity contribution in [3.63, 3.8) is 0 Å². The molecular formula is C17H19NO. The van der Waals surface area contributed by atoms with Gasteiger partial charge in [0.25, 0.3) is 0 Å². The summed E-state index contributed by atoms with van der Waals surface area (Å²) in [7, 11) is 0. The summed E-state index contributed by atoms with van der Waals surface area (Å²) < 4.78 is 0. The molecule has 0 spiro atoms. The van der Waals surface area contributed by atoms with Crippen molar-refractivity contribution in [2.45, 2.75) is 46.5 Å². The van der Waals surface area contributed by atoms with Gasteiger partial charge in [-0.25, -0.2) is 0 Å². The lowest BCUT2D eigenvalue weighted by molar-refractivity contribution is 0.101. The number of hydrogen-bond acceptors (Lipinski definition) is 2. The molecule has 19 heavy (non-hydrogen) atoms. The Morgan fingerprint density at radius 3 is 2.63 bits per heavy atom. The van der Waals surface area contributed by atoms with Crippen molar-refractivity contribution < 1.29 is 4.79 Å². The van der Waals surface area contributed by atoms with Crippen LogP contribution in [0.4, 0.5) is 0 Å². The number of ketones is 1. The molecule has 0 fully saturated rings. The first-order chi connectivity index (χ1) is 9.09. The summed E-state index contributed by atoms with van der Waals surface area (Å²) in [6, 6.07) is 4.16. The number of Topliss-reactive ketones (excluding diaryl/α,β-unsaturated/α-hetero) is 1. The second kappa shape index (κ2) is 4.44. The van der Waals surface area contributed by atoms with Gasteiger partial charge in [-0.1, -0.05) is 12.1 Å². The fraction of sp³-hybridized carbons (Fsp3) is 0.412. The maximum Gasteiger partial charge on any atom is 0.160 e. The zero-order chi connectivity index (χ0) is 13.6. The summed E-state index contributed by atoms with van der Waals surface area (Å²) >= 11 is 0. The number of rotatable bonds is 1. The molecule has 0 radical (unpaired) electrons. The molecule has 1 aromatic carbocycles. The zero-order valence-corrected chi connectivity index (χ0v) is 11.8. The van der Waals surface area contributed by atoms with E-state index in [4.69, 9.17) is 4.98 Å². The van der Waals surface area contributed by atoms with Crippen molar-refractivity contribution in [3.8, 4) is 0 Å². The molecule has 98 valence electrons. The molecule has 0 saturated carbocycles. The van der Waals surface area contributed by atoms with Crippen LogP contribution in [0.2, 0.25) is 0 Å². The maximum atomic E-state index is 12.1. The van der Waals surface area contributed by atoms with Crippen molar-refractivity contribution in [2.75, 3.05) is 0 Å². The number of fused-ring (bicyclic) bond motifs is 2. The Hall–Kier alpha value is -1.70. The van der Waals surface area contributed by atoms with Gasteiger partial charge in [0.1, 0.15) is 0 Å². The minimum atomic E-state index is 0.175. The highest BCUT2D eigenvalue weighted by Crippen LogP contribution is 2.31. The van der Waals surface area contributed by atoms with E-state index in [0.29, 0.717) is 0 Å². The molecule has 0 saturated heterocycles. The summed E-state index contributed by atoms with van der Waals surface area (Å²) in [6.45, 7) is 5.88. The molecule has 3 rings (SSSR count). The number of aryl methyl sites for hydroxylation is 3. The van der Waals surface area contributed by atoms with E-state index in [2.05, 4.69) is 26.0 Å². The van der Waals surface area contributed by atoms with Gasteiger partial charge in [0.05, 0.1) is 5.52 Å². The first-order valence-corrected chi connectivity index (χ1v) is 7.02. The number of benzene rings is 1. The SMILES string of the molecule is CC(=O)c1c2c(nc3c(C)c(C)ccc13)CCCC2. The van der Waals surface area contributed by atoms with Crippen LogP contribution >= 0.6 is 0 Å². The Kier molecular flexibility index (Phi) is 2.89. The zero-order valence-electron chi connectivity index (χ0n) is 11.8. The highest BCUT2D eigenvalue weighted by atomic mass is 16.1. The average Bonchev–Trinajstić information content (AvgIpc) is 2.40. The maximum absolute atomic E-state index is 12.1. The highest BCUT2D eigenvalue weighted by Gasteiger charge is 2.21. The minimum absolute atomic E-state index is 0.175. The third-order valence-electron chi connectivity index (χ3n) is 4.31. The third kappa shape index (κ3) is 1.86. The molecule has 2 heteroatoms. The molecule has 0 atom stereocenters. The summed E-state index contributed by atoms with van der Waals surface area (Å²) in [6.07, 6.45) is 4.37. The quantitative estimate of drug-likeness (QED) is 0.721. The van der Waals surface area contributed by atoms with Gasteiger partial charge in [-0.3, -0.25) is 9.78 Å². The largest absolute Gasteiger partial charge is 0.294 e. The Morgan fingerprint density at radius 2 is 1.89 bits per heavy atom. The molecular weight excluding hydrogens is 234 g/mol. The predicted molar refractivity (Wildman–Crippen MR) is 77.9 cm³/mol. The van der Waals surface area contributed by atoms with Crippen molar-refractivity contribution in [1.29, 1.82) is 0 Å². The second-order valence-electron chi connectivity index (χ2n) is 5.58. The second-order valence-corrected chi connectivity index (χ2v) is 5.58. The lowest BCUT2D eigenvalue weighted by atomic mass is 9.87. The van der Waals surface area contributed by atoms with Crippen LogP contribution in [-0.2, 0) is 12.8 Å². The minimum Gasteiger partial charge on any atom is -0.294 e. The monoisotopic (exact) mass is 253 g/mol. The number of carbonyl (C=O) groups excluding carboxylic acids is 1. The Bertz CT molecular complexity index is 685. The molecule has 1 aliphatic rings. The molecule has 0 aliphatic heterocycles. The normalized spacial score (nSPS) is 14.5. The molecule has 0 bridgehead atoms. The smallest absolute Gasteiger partial charge is 0.160 e. The van der Waals surface area contributed by atoms with Crippen LogP contribution in [0, 0.1) is 13.8 Å². The molecule has 0 amide bonds. The van der Waals surface area contributed by atoms with Crippen LogP contribution in [0.1, 0.15) is 52.5 Å². The Labute approximate surface area is 113 Å². The van der Waals surface area contributed by atoms with Crippen LogP contribution < -0.4 is 0 Å². The van der Waals surface area contributed by atoms with Gasteiger partial charge in [-0.05, 0) is 63.1 Å². The Morgan fingerprint density at radius 1 is 1.16 bits per heavy atom. The summed E-state index contributed by atoms with van der Waals surface area (Å²) in [4.78, 5) is 17.0. The molecule has 0 unspecified atom stereocenters. The van der Waals surface area contributed by atoms with Crippen LogP contribution in [0.5, 0.6) is 0 Å². The van der Waals surface area contributed by atoms with E-state index in [1.165, 1.54) is 29.5 Å². The Balaban J connectivity index is 2.45. The van der Waals surface area contributed by atoms with Crippen molar-refractivity contribution >= 4 is 16.7 Å². The highest BCUT2D eigenvalue weighted by molar-refractivity contribution is 6.08. The lowest BCUT2D eigenvalue weighted by Gasteiger charge is -2.20. The van der Waals surface area contributed by atoms with Crippen molar-refractivity contribution in [2.24, 2.45) is 0 Å². The number of aromatic nitrogens is 1. The van der Waals surface area contributed by atoms with Gasteiger partial charge in [0, 0.05) is 16.6 Å². The standard InChI is InChI=1S/C17H19NO/c1-10-8-9-14-16(12(3)19)13-6-4-5-7-15(13)18-17(14)11(10)2/h8-9H,4-7H2,1-3H3. The average molecular weight is 253 g/mol. The molecule has 1 aromatic heterocycles. The van der Waals surface area contributed by atoms with Gasteiger partial charge in [-0.2, -0.15) is 0 Å². The van der Waals surface area contributed by atoms with E-state index < -0.39 is 0 Å². The van der Waals surface area contributed by atoms with Crippen molar-refractivity contribution in [1.82, 2.24) is 4.98 Å². The third-order valence-corrected chi connectivity index (χ3v) is 4.31. The summed E-state index contributed by atoms with van der Waals surface area (Å²) in [5.41, 5.74) is 6.74. The van der Waals surface area contributed by atoms with E-state index >= 15 is 0 Å². The van der Waals surface area contributed by atoms with Crippen LogP contribution in [-0.4, -0.2) is 10.8 Å². The van der Waals surface area contributed by atoms with E-state index in [1.54, 1.807) is 6.92 Å². The number of pyridine rings is 1. The van der Waals surface area contributed by atoms with Crippen LogP contribution in [0.3, 0.4) is 0 Å². The van der Waals surface area contributed by atoms with Gasteiger partial charge in [0.2, 0.25) is 0 Å². The lowest BCUT2D eigenvalue weighted by Crippen LogP contribution is -2.12. The van der Waals surface area contributed by atoms with Gasteiger partial charge >= 0.3 is 0 Å². The number of hydrogen-bond donors (Lipinski definition) is 0. The summed E-state index contributed by atoms with van der Waals surface area (Å²) in [5, 5.41) is 1.04. The molecule has 1 aliphatic carbocycles. The fourth-order valence-electron chi connectivity index (χ4n) is 3.13. The van der Waals surface area contributed by atoms with E-state index in [9.17, 15) is 4.79 Å². The first-order valence-electron chi connectivity index (χ1n) is 7.02.